The molecule has 0 saturated heterocycles. The lowest BCUT2D eigenvalue weighted by atomic mass is 10.0. The molecule has 0 saturated carbocycles. The summed E-state index contributed by atoms with van der Waals surface area (Å²) in [6.45, 7) is -0.425. The standard InChI is InChI=1S/C19H21N5O6S2.C2HF3O2/c20-18(21)12-5-3-11(4-6-12)14-8-13(30-23-14)9-16(25)22-10-15(19(26)27)24-32(28,29)17-2-1-7-31-17;3-2(4,5)1(6)7/h1-7,13,15,24H,8-10H2,(H3,20,21)(H,22,25)(H,26,27);(H,6,7)/t13?,15-;/m0./s1. The number of rotatable bonds is 10. The van der Waals surface area contributed by atoms with E-state index in [1.165, 1.54) is 12.1 Å². The van der Waals surface area contributed by atoms with Crippen LogP contribution in [0.4, 0.5) is 13.2 Å². The lowest BCUT2D eigenvalue weighted by Crippen LogP contribution is -2.48. The van der Waals surface area contributed by atoms with Crippen molar-refractivity contribution in [3.8, 4) is 0 Å². The van der Waals surface area contributed by atoms with Gasteiger partial charge in [0.1, 0.15) is 22.2 Å². The highest BCUT2D eigenvalue weighted by molar-refractivity contribution is 7.91. The number of nitrogens with one attached hydrogen (secondary N) is 3. The van der Waals surface area contributed by atoms with Crippen molar-refractivity contribution in [2.45, 2.75) is 35.4 Å². The number of sulfonamides is 1. The Bertz CT molecular complexity index is 1330. The van der Waals surface area contributed by atoms with E-state index in [1.807, 2.05) is 0 Å². The number of carboxylic acids is 2. The van der Waals surface area contributed by atoms with E-state index in [0.717, 1.165) is 16.9 Å². The molecule has 0 fully saturated rings. The quantitative estimate of drug-likeness (QED) is 0.171. The lowest BCUT2D eigenvalue weighted by Gasteiger charge is -2.15. The molecule has 1 aliphatic rings. The Balaban J connectivity index is 0.000000673. The van der Waals surface area contributed by atoms with Crippen molar-refractivity contribution in [2.75, 3.05) is 6.54 Å². The first-order chi connectivity index (χ1) is 18.1. The van der Waals surface area contributed by atoms with Gasteiger partial charge in [0, 0.05) is 18.5 Å². The SMILES string of the molecule is N=C(N)c1ccc(C2=NOC(CC(=O)NC[C@H](NS(=O)(=O)c3cccs3)C(=O)O)C2)cc1.O=C(O)C(F)(F)F. The molecule has 2 heterocycles. The minimum absolute atomic E-state index is 0.0181. The van der Waals surface area contributed by atoms with Crippen molar-refractivity contribution in [2.24, 2.45) is 10.9 Å². The number of carbonyl (C=O) groups excluding carboxylic acids is 1. The van der Waals surface area contributed by atoms with Gasteiger partial charge in [0.15, 0.2) is 0 Å². The Kier molecular flexibility index (Phi) is 10.5. The monoisotopic (exact) mass is 593 g/mol. The number of halogens is 3. The van der Waals surface area contributed by atoms with Gasteiger partial charge in [-0.15, -0.1) is 11.3 Å². The number of hydrogen-bond acceptors (Lipinski definition) is 9. The fourth-order valence-corrected chi connectivity index (χ4v) is 5.09. The van der Waals surface area contributed by atoms with E-state index in [2.05, 4.69) is 15.2 Å². The number of carbonyl (C=O) groups is 3. The topological polar surface area (TPSA) is 221 Å². The summed E-state index contributed by atoms with van der Waals surface area (Å²) in [6.07, 6.45) is -5.34. The van der Waals surface area contributed by atoms with Crippen LogP contribution < -0.4 is 15.8 Å². The lowest BCUT2D eigenvalue weighted by molar-refractivity contribution is -0.192. The highest BCUT2D eigenvalue weighted by Crippen LogP contribution is 2.20. The average molecular weight is 594 g/mol. The molecule has 0 spiro atoms. The zero-order chi connectivity index (χ0) is 29.4. The molecular formula is C21H22F3N5O8S2. The minimum Gasteiger partial charge on any atom is -0.480 e. The maximum absolute atomic E-state index is 12.2. The highest BCUT2D eigenvalue weighted by Gasteiger charge is 2.38. The zero-order valence-electron chi connectivity index (χ0n) is 19.6. The van der Waals surface area contributed by atoms with E-state index in [-0.39, 0.29) is 16.5 Å². The number of alkyl halides is 3. The van der Waals surface area contributed by atoms with Crippen LogP contribution in [0.3, 0.4) is 0 Å². The van der Waals surface area contributed by atoms with E-state index in [4.69, 9.17) is 25.9 Å². The van der Waals surface area contributed by atoms with E-state index in [9.17, 15) is 36.3 Å². The van der Waals surface area contributed by atoms with Crippen molar-refractivity contribution in [1.29, 1.82) is 5.41 Å². The third-order valence-corrected chi connectivity index (χ3v) is 7.65. The van der Waals surface area contributed by atoms with Crippen molar-refractivity contribution in [1.82, 2.24) is 10.0 Å². The average Bonchev–Trinajstić information content (AvgIpc) is 3.54. The predicted molar refractivity (Wildman–Crippen MR) is 131 cm³/mol. The van der Waals surface area contributed by atoms with E-state index >= 15 is 0 Å². The first kappa shape index (κ1) is 31.2. The number of amidine groups is 1. The first-order valence-corrected chi connectivity index (χ1v) is 13.0. The van der Waals surface area contributed by atoms with Gasteiger partial charge >= 0.3 is 18.1 Å². The van der Waals surface area contributed by atoms with Gasteiger partial charge in [-0.2, -0.15) is 17.9 Å². The molecular weight excluding hydrogens is 571 g/mol. The molecule has 39 heavy (non-hydrogen) atoms. The van der Waals surface area contributed by atoms with Gasteiger partial charge in [-0.25, -0.2) is 13.2 Å². The summed E-state index contributed by atoms with van der Waals surface area (Å²) in [4.78, 5) is 37.8. The summed E-state index contributed by atoms with van der Waals surface area (Å²) in [5.41, 5.74) is 7.41. The molecule has 1 aliphatic heterocycles. The van der Waals surface area contributed by atoms with Gasteiger partial charge in [-0.05, 0) is 17.0 Å². The number of carboxylic acid groups (broad SMARTS) is 2. The molecule has 13 nitrogen and oxygen atoms in total. The van der Waals surface area contributed by atoms with Crippen LogP contribution >= 0.6 is 11.3 Å². The summed E-state index contributed by atoms with van der Waals surface area (Å²) in [7, 11) is -4.01. The maximum atomic E-state index is 12.2. The van der Waals surface area contributed by atoms with Crippen LogP contribution in [0.25, 0.3) is 0 Å². The molecule has 7 N–H and O–H groups in total. The molecule has 18 heteroatoms. The number of nitrogen functional groups attached to an aromatic ring is 1. The Hall–Kier alpha value is -4.03. The van der Waals surface area contributed by atoms with Gasteiger partial charge in [0.25, 0.3) is 10.0 Å². The van der Waals surface area contributed by atoms with Gasteiger partial charge in [0.05, 0.1) is 12.1 Å². The molecule has 1 amide bonds. The fraction of sp³-hybridized carbons (Fsp3) is 0.286. The van der Waals surface area contributed by atoms with Crippen LogP contribution in [-0.2, 0) is 29.2 Å². The molecule has 0 radical (unpaired) electrons. The Morgan fingerprint density at radius 1 is 1.21 bits per heavy atom. The van der Waals surface area contributed by atoms with Crippen LogP contribution in [0.2, 0.25) is 0 Å². The van der Waals surface area contributed by atoms with Crippen molar-refractivity contribution >= 4 is 50.8 Å². The molecule has 1 unspecified atom stereocenters. The molecule has 0 bridgehead atoms. The number of nitrogens with two attached hydrogens (primary N) is 1. The Labute approximate surface area is 223 Å². The summed E-state index contributed by atoms with van der Waals surface area (Å²) in [6, 6.07) is 8.23. The van der Waals surface area contributed by atoms with Crippen LogP contribution in [0.1, 0.15) is 24.0 Å². The van der Waals surface area contributed by atoms with Crippen LogP contribution in [0, 0.1) is 5.41 Å². The second kappa shape index (κ2) is 13.2. The molecule has 2 aromatic rings. The fourth-order valence-electron chi connectivity index (χ4n) is 2.89. The predicted octanol–water partition coefficient (Wildman–Crippen LogP) is 1.10. The summed E-state index contributed by atoms with van der Waals surface area (Å²) in [5, 5.41) is 31.8. The van der Waals surface area contributed by atoms with Gasteiger partial charge < -0.3 is 26.1 Å². The highest BCUT2D eigenvalue weighted by atomic mass is 32.2. The second-order valence-corrected chi connectivity index (χ2v) is 10.6. The molecule has 212 valence electrons. The summed E-state index contributed by atoms with van der Waals surface area (Å²) in [5.74, 6) is -4.72. The number of aliphatic carboxylic acids is 2. The molecule has 2 atom stereocenters. The first-order valence-electron chi connectivity index (χ1n) is 10.6. The molecule has 1 aromatic heterocycles. The number of thiophene rings is 1. The zero-order valence-corrected chi connectivity index (χ0v) is 21.3. The second-order valence-electron chi connectivity index (χ2n) is 7.72. The van der Waals surface area contributed by atoms with E-state index < -0.39 is 52.7 Å². The largest absolute Gasteiger partial charge is 0.490 e. The number of benzene rings is 1. The van der Waals surface area contributed by atoms with Gasteiger partial charge in [-0.1, -0.05) is 35.5 Å². The van der Waals surface area contributed by atoms with E-state index in [1.54, 1.807) is 29.6 Å². The summed E-state index contributed by atoms with van der Waals surface area (Å²) >= 11 is 0.953. The molecule has 1 aromatic carbocycles. The van der Waals surface area contributed by atoms with Crippen LogP contribution in [0.15, 0.2) is 51.1 Å². The number of oxime groups is 1. The summed E-state index contributed by atoms with van der Waals surface area (Å²) < 4.78 is 58.3. The smallest absolute Gasteiger partial charge is 0.480 e. The van der Waals surface area contributed by atoms with Crippen LogP contribution in [0.5, 0.6) is 0 Å². The normalized spacial score (nSPS) is 15.7. The Morgan fingerprint density at radius 3 is 2.31 bits per heavy atom. The molecule has 3 rings (SSSR count). The van der Waals surface area contributed by atoms with Crippen molar-refractivity contribution in [3.05, 3.63) is 52.9 Å². The third kappa shape index (κ3) is 9.65. The van der Waals surface area contributed by atoms with Crippen molar-refractivity contribution in [3.63, 3.8) is 0 Å². The Morgan fingerprint density at radius 2 is 1.82 bits per heavy atom. The third-order valence-electron chi connectivity index (χ3n) is 4.78. The minimum atomic E-state index is -5.08. The number of nitrogens with zero attached hydrogens (tertiary/aromatic N) is 1. The number of amides is 1. The van der Waals surface area contributed by atoms with Gasteiger partial charge in [0.2, 0.25) is 5.91 Å². The van der Waals surface area contributed by atoms with E-state index in [0.29, 0.717) is 17.7 Å². The molecule has 0 aliphatic carbocycles. The number of hydrogen-bond donors (Lipinski definition) is 6. The van der Waals surface area contributed by atoms with Crippen LogP contribution in [-0.4, -0.2) is 72.9 Å². The van der Waals surface area contributed by atoms with Crippen molar-refractivity contribution < 1.29 is 51.0 Å². The maximum Gasteiger partial charge on any atom is 0.490 e. The van der Waals surface area contributed by atoms with Gasteiger partial charge in [-0.3, -0.25) is 15.0 Å².